The van der Waals surface area contributed by atoms with Crippen molar-refractivity contribution < 1.29 is 49.0 Å². The summed E-state index contributed by atoms with van der Waals surface area (Å²) in [5.74, 6) is -0.763. The summed E-state index contributed by atoms with van der Waals surface area (Å²) < 4.78 is 25.1. The van der Waals surface area contributed by atoms with Gasteiger partial charge in [-0.1, -0.05) is 39.8 Å². The van der Waals surface area contributed by atoms with E-state index in [4.69, 9.17) is 30.2 Å². The number of likely N-dealkylation sites (N-methyl/N-ethyl adjacent to an activating group) is 1. The van der Waals surface area contributed by atoms with Crippen molar-refractivity contribution in [2.75, 3.05) is 33.8 Å². The fourth-order valence-electron chi connectivity index (χ4n) is 7.92. The maximum absolute atomic E-state index is 14.2. The van der Waals surface area contributed by atoms with Crippen molar-refractivity contribution in [3.8, 4) is 12.3 Å². The summed E-state index contributed by atoms with van der Waals surface area (Å²) in [6.45, 7) is 16.0. The second-order valence-corrected chi connectivity index (χ2v) is 15.3. The van der Waals surface area contributed by atoms with E-state index in [2.05, 4.69) is 16.4 Å². The van der Waals surface area contributed by atoms with Crippen LogP contribution in [0.4, 0.5) is 0 Å². The number of nitrogens with one attached hydrogen (secondary N) is 1. The zero-order valence-electron chi connectivity index (χ0n) is 31.9. The molecule has 13 nitrogen and oxygen atoms in total. The molecule has 13 heteroatoms. The molecule has 0 amide bonds. The SMILES string of the molecule is C#CCCN(C)[C@H]1C[C@@H](C)O[C@@H](O[C@@H]2[C@@H](C)C(=O)[C@@H](C)C(O)O[C@H](CC)[C@@](C)(O)[C@H](O)[C@@H](C)/C(=N/O[C@@H]3CCNC3)[C@H](C)C[C@@]2(C)OC)[C@@H]1O. The van der Waals surface area contributed by atoms with E-state index in [9.17, 15) is 25.2 Å². The lowest BCUT2D eigenvalue weighted by molar-refractivity contribution is -0.296. The first-order valence-electron chi connectivity index (χ1n) is 18.3. The van der Waals surface area contributed by atoms with Crippen molar-refractivity contribution in [3.05, 3.63) is 0 Å². The van der Waals surface area contributed by atoms with E-state index in [-0.39, 0.29) is 36.9 Å². The number of terminal acetylenes is 1. The lowest BCUT2D eigenvalue weighted by atomic mass is 9.74. The van der Waals surface area contributed by atoms with Crippen LogP contribution >= 0.6 is 0 Å². The average molecular weight is 712 g/mol. The summed E-state index contributed by atoms with van der Waals surface area (Å²) in [5, 5.41) is 54.2. The number of hydrogen-bond acceptors (Lipinski definition) is 13. The summed E-state index contributed by atoms with van der Waals surface area (Å²) in [6.07, 6.45) is 0.282. The number of hydrogen-bond donors (Lipinski definition) is 5. The molecule has 3 fully saturated rings. The van der Waals surface area contributed by atoms with Crippen molar-refractivity contribution in [2.24, 2.45) is 28.8 Å². The molecule has 0 spiro atoms. The Hall–Kier alpha value is -1.70. The summed E-state index contributed by atoms with van der Waals surface area (Å²) in [6, 6.07) is -0.314. The monoisotopic (exact) mass is 711 g/mol. The number of aliphatic hydroxyl groups excluding tert-OH is 3. The van der Waals surface area contributed by atoms with E-state index in [1.54, 1.807) is 27.7 Å². The number of nitrogens with zero attached hydrogens (tertiary/aromatic N) is 2. The van der Waals surface area contributed by atoms with Crippen molar-refractivity contribution in [2.45, 2.75) is 154 Å². The van der Waals surface area contributed by atoms with Gasteiger partial charge in [0.05, 0.1) is 41.6 Å². The second kappa shape index (κ2) is 18.4. The number of aliphatic hydroxyl groups is 4. The molecule has 0 bridgehead atoms. The first-order chi connectivity index (χ1) is 23.4. The van der Waals surface area contributed by atoms with Gasteiger partial charge in [0.1, 0.15) is 23.6 Å². The fourth-order valence-corrected chi connectivity index (χ4v) is 7.92. The molecule has 3 heterocycles. The van der Waals surface area contributed by atoms with E-state index in [0.29, 0.717) is 31.6 Å². The zero-order chi connectivity index (χ0) is 37.6. The second-order valence-electron chi connectivity index (χ2n) is 15.3. The average Bonchev–Trinajstić information content (AvgIpc) is 3.61. The molecule has 0 aromatic carbocycles. The molecule has 3 aliphatic heterocycles. The summed E-state index contributed by atoms with van der Waals surface area (Å²) in [5.41, 5.74) is -2.52. The maximum Gasteiger partial charge on any atom is 0.185 e. The Balaban J connectivity index is 2.12. The summed E-state index contributed by atoms with van der Waals surface area (Å²) in [4.78, 5) is 22.2. The van der Waals surface area contributed by atoms with Crippen LogP contribution in [0.25, 0.3) is 0 Å². The molecule has 0 aliphatic carbocycles. The van der Waals surface area contributed by atoms with Crippen LogP contribution in [0.1, 0.15) is 87.5 Å². The predicted octanol–water partition coefficient (Wildman–Crippen LogP) is 2.07. The van der Waals surface area contributed by atoms with Crippen LogP contribution in [0.5, 0.6) is 0 Å². The van der Waals surface area contributed by atoms with Gasteiger partial charge >= 0.3 is 0 Å². The number of carbonyl (C=O) groups is 1. The quantitative estimate of drug-likeness (QED) is 0.175. The summed E-state index contributed by atoms with van der Waals surface area (Å²) >= 11 is 0. The van der Waals surface area contributed by atoms with Gasteiger partial charge in [0.25, 0.3) is 0 Å². The number of rotatable bonds is 9. The first-order valence-corrected chi connectivity index (χ1v) is 18.3. The number of Topliss-reactive ketones (excluding diaryl/α,β-unsaturated/α-hetero) is 1. The Morgan fingerprint density at radius 3 is 2.36 bits per heavy atom. The van der Waals surface area contributed by atoms with Gasteiger partial charge in [-0.25, -0.2) is 0 Å². The molecule has 0 aromatic heterocycles. The van der Waals surface area contributed by atoms with E-state index in [1.165, 1.54) is 14.0 Å². The maximum atomic E-state index is 14.2. The van der Waals surface area contributed by atoms with Crippen LogP contribution in [0, 0.1) is 36.0 Å². The molecule has 3 saturated heterocycles. The standard InChI is InChI=1S/C37H65N3O10/c1-12-14-17-40(10)27-18-22(4)47-35(31(27)42)49-33-24(6)30(41)25(7)34(44)48-28(13-2)37(9,45)32(43)23(5)29(21(3)19-36(33,8)46-11)39-50-26-15-16-38-20-26/h1,21-28,31-35,38,42-45H,13-20H2,2-11H3/b39-29+/t21-,22-,23+,24+,25-,26-,27+,28-,31-,32-,33-,34?,35+,36-,37-/m1/s1. The molecule has 5 N–H and O–H groups in total. The van der Waals surface area contributed by atoms with E-state index in [0.717, 1.165) is 13.0 Å². The number of methoxy groups -OCH3 is 1. The largest absolute Gasteiger partial charge is 0.391 e. The number of ether oxygens (including phenoxy) is 4. The van der Waals surface area contributed by atoms with Crippen molar-refractivity contribution in [1.82, 2.24) is 10.2 Å². The topological polar surface area (TPSA) is 172 Å². The number of carbonyl (C=O) groups excluding carboxylic acids is 1. The molecular weight excluding hydrogens is 646 g/mol. The zero-order valence-corrected chi connectivity index (χ0v) is 31.9. The molecule has 1 unspecified atom stereocenters. The van der Waals surface area contributed by atoms with Crippen LogP contribution in [0.15, 0.2) is 5.16 Å². The Morgan fingerprint density at radius 1 is 1.10 bits per heavy atom. The first kappa shape index (κ1) is 42.7. The lowest BCUT2D eigenvalue weighted by Crippen LogP contribution is -2.60. The highest BCUT2D eigenvalue weighted by atomic mass is 16.7. The van der Waals surface area contributed by atoms with Gasteiger partial charge in [-0.2, -0.15) is 0 Å². The molecule has 0 saturated carbocycles. The molecule has 3 rings (SSSR count). The van der Waals surface area contributed by atoms with E-state index >= 15 is 0 Å². The number of ketones is 1. The van der Waals surface area contributed by atoms with Gasteiger partial charge in [-0.15, -0.1) is 12.3 Å². The van der Waals surface area contributed by atoms with Gasteiger partial charge in [0.15, 0.2) is 12.6 Å². The normalized spacial score (nSPS) is 45.0. The molecule has 0 radical (unpaired) electrons. The number of oxime groups is 1. The van der Waals surface area contributed by atoms with Gasteiger partial charge in [-0.3, -0.25) is 9.69 Å². The van der Waals surface area contributed by atoms with Gasteiger partial charge in [-0.05, 0) is 53.6 Å². The van der Waals surface area contributed by atoms with Gasteiger partial charge < -0.3 is 49.5 Å². The predicted molar refractivity (Wildman–Crippen MR) is 189 cm³/mol. The highest BCUT2D eigenvalue weighted by Gasteiger charge is 2.51. The molecule has 50 heavy (non-hydrogen) atoms. The molecule has 15 atom stereocenters. The third kappa shape index (κ3) is 9.83. The van der Waals surface area contributed by atoms with E-state index < -0.39 is 71.9 Å². The highest BCUT2D eigenvalue weighted by molar-refractivity contribution is 5.89. The minimum Gasteiger partial charge on any atom is -0.391 e. The smallest absolute Gasteiger partial charge is 0.185 e. The third-order valence-corrected chi connectivity index (χ3v) is 11.3. The molecule has 288 valence electrons. The molecule has 0 aromatic rings. The van der Waals surface area contributed by atoms with Crippen molar-refractivity contribution >= 4 is 11.5 Å². The minimum atomic E-state index is -1.83. The van der Waals surface area contributed by atoms with Crippen molar-refractivity contribution in [3.63, 3.8) is 0 Å². The Labute approximate surface area is 299 Å². The lowest BCUT2D eigenvalue weighted by Gasteiger charge is -2.47. The van der Waals surface area contributed by atoms with Crippen LogP contribution in [-0.2, 0) is 28.6 Å². The third-order valence-electron chi connectivity index (χ3n) is 11.3. The van der Waals surface area contributed by atoms with Gasteiger partial charge in [0, 0.05) is 56.8 Å². The van der Waals surface area contributed by atoms with Crippen LogP contribution in [0.3, 0.4) is 0 Å². The van der Waals surface area contributed by atoms with Crippen LogP contribution < -0.4 is 5.32 Å². The molecular formula is C37H65N3O10. The Morgan fingerprint density at radius 2 is 1.78 bits per heavy atom. The molecule has 3 aliphatic rings. The van der Waals surface area contributed by atoms with E-state index in [1.807, 2.05) is 32.7 Å². The Bertz CT molecular complexity index is 1160. The highest BCUT2D eigenvalue weighted by Crippen LogP contribution is 2.39. The van der Waals surface area contributed by atoms with Crippen LogP contribution in [0.2, 0.25) is 0 Å². The Kier molecular flexibility index (Phi) is 15.7. The minimum absolute atomic E-state index is 0.155. The van der Waals surface area contributed by atoms with Crippen LogP contribution in [-0.4, -0.2) is 137 Å². The summed E-state index contributed by atoms with van der Waals surface area (Å²) in [7, 11) is 3.44. The van der Waals surface area contributed by atoms with Gasteiger partial charge in [0.2, 0.25) is 0 Å². The van der Waals surface area contributed by atoms with Crippen molar-refractivity contribution in [1.29, 1.82) is 0 Å². The fraction of sp³-hybridized carbons (Fsp3) is 0.892.